The van der Waals surface area contributed by atoms with E-state index in [-0.39, 0.29) is 5.91 Å². The normalized spacial score (nSPS) is 10.4. The number of amides is 1. The summed E-state index contributed by atoms with van der Waals surface area (Å²) in [6, 6.07) is 17.4. The van der Waals surface area contributed by atoms with E-state index in [0.717, 1.165) is 29.0 Å². The maximum Gasteiger partial charge on any atom is 0.255 e. The van der Waals surface area contributed by atoms with Crippen LogP contribution in [0.4, 0.5) is 11.5 Å². The number of pyridine rings is 1. The molecule has 5 heteroatoms. The van der Waals surface area contributed by atoms with Crippen LogP contribution in [-0.4, -0.2) is 24.5 Å². The third kappa shape index (κ3) is 4.88. The Bertz CT molecular complexity index is 949. The topological polar surface area (TPSA) is 63.2 Å². The molecule has 0 radical (unpaired) electrons. The molecule has 0 bridgehead atoms. The summed E-state index contributed by atoms with van der Waals surface area (Å²) in [5, 5.41) is 6.29. The summed E-state index contributed by atoms with van der Waals surface area (Å²) in [7, 11) is 1.66. The minimum atomic E-state index is -0.143. The maximum absolute atomic E-state index is 12.7. The Labute approximate surface area is 165 Å². The molecule has 0 unspecified atom stereocenters. The first-order valence-corrected chi connectivity index (χ1v) is 9.27. The molecule has 0 aliphatic heterocycles. The number of aromatic nitrogens is 1. The molecule has 3 rings (SSSR count). The van der Waals surface area contributed by atoms with Crippen molar-refractivity contribution in [3.63, 3.8) is 0 Å². The van der Waals surface area contributed by atoms with Gasteiger partial charge in [-0.1, -0.05) is 30.3 Å². The average molecular weight is 375 g/mol. The molecule has 0 aliphatic rings. The highest BCUT2D eigenvalue weighted by atomic mass is 16.5. The smallest absolute Gasteiger partial charge is 0.255 e. The van der Waals surface area contributed by atoms with Crippen LogP contribution in [0.15, 0.2) is 60.8 Å². The molecule has 28 heavy (non-hydrogen) atoms. The molecule has 0 spiro atoms. The van der Waals surface area contributed by atoms with E-state index < -0.39 is 0 Å². The largest absolute Gasteiger partial charge is 0.497 e. The molecule has 3 aromatic rings. The van der Waals surface area contributed by atoms with E-state index in [9.17, 15) is 4.79 Å². The molecule has 1 aromatic heterocycles. The molecular formula is C23H25N3O2. The molecule has 0 saturated heterocycles. The van der Waals surface area contributed by atoms with Crippen LogP contribution in [0.5, 0.6) is 5.75 Å². The zero-order valence-electron chi connectivity index (χ0n) is 16.5. The summed E-state index contributed by atoms with van der Waals surface area (Å²) in [6.07, 6.45) is 2.48. The van der Waals surface area contributed by atoms with E-state index in [1.165, 1.54) is 5.56 Å². The molecule has 2 aromatic carbocycles. The number of anilines is 2. The Morgan fingerprint density at radius 3 is 2.54 bits per heavy atom. The van der Waals surface area contributed by atoms with Crippen LogP contribution in [0.2, 0.25) is 0 Å². The molecule has 0 fully saturated rings. The molecule has 0 aliphatic carbocycles. The zero-order valence-corrected chi connectivity index (χ0v) is 16.5. The summed E-state index contributed by atoms with van der Waals surface area (Å²) in [5.74, 6) is 1.38. The highest BCUT2D eigenvalue weighted by Crippen LogP contribution is 2.20. The Morgan fingerprint density at radius 1 is 1.04 bits per heavy atom. The fourth-order valence-corrected chi connectivity index (χ4v) is 3.03. The first-order valence-electron chi connectivity index (χ1n) is 9.27. The lowest BCUT2D eigenvalue weighted by Crippen LogP contribution is -2.15. The first kappa shape index (κ1) is 19.4. The zero-order chi connectivity index (χ0) is 19.9. The summed E-state index contributed by atoms with van der Waals surface area (Å²) in [6.45, 7) is 4.68. The van der Waals surface area contributed by atoms with Gasteiger partial charge in [-0.2, -0.15) is 0 Å². The number of carbonyl (C=O) groups excluding carboxylic acids is 1. The van der Waals surface area contributed by atoms with Gasteiger partial charge in [0.2, 0.25) is 0 Å². The number of para-hydroxylation sites is 1. The van der Waals surface area contributed by atoms with E-state index in [4.69, 9.17) is 4.74 Å². The van der Waals surface area contributed by atoms with E-state index in [1.54, 1.807) is 25.4 Å². The van der Waals surface area contributed by atoms with Gasteiger partial charge in [0, 0.05) is 24.0 Å². The van der Waals surface area contributed by atoms with Gasteiger partial charge in [-0.25, -0.2) is 4.98 Å². The lowest BCUT2D eigenvalue weighted by Gasteiger charge is -2.12. The average Bonchev–Trinajstić information content (AvgIpc) is 2.71. The number of carbonyl (C=O) groups is 1. The van der Waals surface area contributed by atoms with Crippen molar-refractivity contribution >= 4 is 17.4 Å². The van der Waals surface area contributed by atoms with E-state index in [1.807, 2.05) is 50.2 Å². The minimum Gasteiger partial charge on any atom is -0.497 e. The van der Waals surface area contributed by atoms with Crippen LogP contribution in [0.3, 0.4) is 0 Å². The number of ether oxygens (including phenoxy) is 1. The molecule has 0 saturated carbocycles. The molecule has 1 amide bonds. The molecular weight excluding hydrogens is 350 g/mol. The van der Waals surface area contributed by atoms with Gasteiger partial charge in [-0.15, -0.1) is 0 Å². The lowest BCUT2D eigenvalue weighted by molar-refractivity contribution is 0.102. The fraction of sp³-hybridized carbons (Fsp3) is 0.217. The summed E-state index contributed by atoms with van der Waals surface area (Å²) in [5.41, 5.74) is 4.69. The molecule has 2 N–H and O–H groups in total. The SMILES string of the molecule is COc1cccc(CCNc2cc(C(=O)Nc3c(C)cccc3C)ccn2)c1. The quantitative estimate of drug-likeness (QED) is 0.633. The monoisotopic (exact) mass is 375 g/mol. The van der Waals surface area contributed by atoms with Crippen molar-refractivity contribution in [2.75, 3.05) is 24.3 Å². The fourth-order valence-electron chi connectivity index (χ4n) is 3.03. The summed E-state index contributed by atoms with van der Waals surface area (Å²) < 4.78 is 5.25. The van der Waals surface area contributed by atoms with Gasteiger partial charge in [-0.05, 0) is 61.2 Å². The van der Waals surface area contributed by atoms with Crippen molar-refractivity contribution < 1.29 is 9.53 Å². The van der Waals surface area contributed by atoms with Gasteiger partial charge in [0.25, 0.3) is 5.91 Å². The predicted octanol–water partition coefficient (Wildman–Crippen LogP) is 4.61. The van der Waals surface area contributed by atoms with Gasteiger partial charge in [0.1, 0.15) is 11.6 Å². The predicted molar refractivity (Wildman–Crippen MR) is 113 cm³/mol. The lowest BCUT2D eigenvalue weighted by atomic mass is 10.1. The van der Waals surface area contributed by atoms with Crippen molar-refractivity contribution in [1.29, 1.82) is 0 Å². The van der Waals surface area contributed by atoms with E-state index in [0.29, 0.717) is 17.9 Å². The number of benzene rings is 2. The second-order valence-corrected chi connectivity index (χ2v) is 6.68. The molecule has 0 atom stereocenters. The molecule has 5 nitrogen and oxygen atoms in total. The van der Waals surface area contributed by atoms with Crippen molar-refractivity contribution in [2.45, 2.75) is 20.3 Å². The van der Waals surface area contributed by atoms with Crippen molar-refractivity contribution in [3.05, 3.63) is 83.0 Å². The van der Waals surface area contributed by atoms with Crippen LogP contribution >= 0.6 is 0 Å². The number of hydrogen-bond donors (Lipinski definition) is 2. The highest BCUT2D eigenvalue weighted by Gasteiger charge is 2.10. The van der Waals surface area contributed by atoms with Gasteiger partial charge in [-0.3, -0.25) is 4.79 Å². The Kier molecular flexibility index (Phi) is 6.27. The Morgan fingerprint density at radius 2 is 1.79 bits per heavy atom. The standard InChI is InChI=1S/C23H25N3O2/c1-16-6-4-7-17(2)22(16)26-23(27)19-11-13-25-21(15-19)24-12-10-18-8-5-9-20(14-18)28-3/h4-9,11,13-15H,10,12H2,1-3H3,(H,24,25)(H,26,27). The number of nitrogens with zero attached hydrogens (tertiary/aromatic N) is 1. The Hall–Kier alpha value is -3.34. The van der Waals surface area contributed by atoms with Gasteiger partial charge >= 0.3 is 0 Å². The van der Waals surface area contributed by atoms with Crippen molar-refractivity contribution in [2.24, 2.45) is 0 Å². The second kappa shape index (κ2) is 9.04. The van der Waals surface area contributed by atoms with E-state index in [2.05, 4.69) is 21.7 Å². The van der Waals surface area contributed by atoms with Crippen molar-refractivity contribution in [1.82, 2.24) is 4.98 Å². The van der Waals surface area contributed by atoms with Crippen molar-refractivity contribution in [3.8, 4) is 5.75 Å². The third-order valence-corrected chi connectivity index (χ3v) is 4.60. The number of hydrogen-bond acceptors (Lipinski definition) is 4. The van der Waals surface area contributed by atoms with Gasteiger partial charge in [0.05, 0.1) is 7.11 Å². The third-order valence-electron chi connectivity index (χ3n) is 4.60. The van der Waals surface area contributed by atoms with Crippen LogP contribution in [0.25, 0.3) is 0 Å². The van der Waals surface area contributed by atoms with Crippen LogP contribution in [0, 0.1) is 13.8 Å². The van der Waals surface area contributed by atoms with Crippen LogP contribution < -0.4 is 15.4 Å². The summed E-state index contributed by atoms with van der Waals surface area (Å²) >= 11 is 0. The summed E-state index contributed by atoms with van der Waals surface area (Å²) in [4.78, 5) is 17.0. The molecule has 1 heterocycles. The minimum absolute atomic E-state index is 0.143. The number of nitrogens with one attached hydrogen (secondary N) is 2. The van der Waals surface area contributed by atoms with Crippen LogP contribution in [-0.2, 0) is 6.42 Å². The number of methoxy groups -OCH3 is 1. The number of rotatable bonds is 7. The molecule has 144 valence electrons. The van der Waals surface area contributed by atoms with Gasteiger partial charge < -0.3 is 15.4 Å². The van der Waals surface area contributed by atoms with E-state index >= 15 is 0 Å². The maximum atomic E-state index is 12.7. The van der Waals surface area contributed by atoms with Gasteiger partial charge in [0.15, 0.2) is 0 Å². The highest BCUT2D eigenvalue weighted by molar-refractivity contribution is 6.05. The first-order chi connectivity index (χ1) is 13.6. The number of aryl methyl sites for hydroxylation is 2. The second-order valence-electron chi connectivity index (χ2n) is 6.68. The van der Waals surface area contributed by atoms with Crippen LogP contribution in [0.1, 0.15) is 27.0 Å². The Balaban J connectivity index is 1.62.